The molecule has 6 nitrogen and oxygen atoms in total. The number of carbonyl (C=O) groups excluding carboxylic acids is 4. The van der Waals surface area contributed by atoms with Crippen LogP contribution in [0.5, 0.6) is 0 Å². The molecule has 0 atom stereocenters. The molecule has 3 aromatic carbocycles. The Bertz CT molecular complexity index is 1290. The molecular weight excluding hydrogens is 521 g/mol. The molecule has 9 heteroatoms. The maximum Gasteiger partial charge on any atom is 0.338 e. The highest BCUT2D eigenvalue weighted by atomic mass is 79.9. The van der Waals surface area contributed by atoms with E-state index in [0.29, 0.717) is 5.56 Å². The van der Waals surface area contributed by atoms with Crippen molar-refractivity contribution in [1.29, 1.82) is 0 Å². The predicted molar refractivity (Wildman–Crippen MR) is 123 cm³/mol. The number of nitrogens with zero attached hydrogens (tertiary/aromatic N) is 1. The summed E-state index contributed by atoms with van der Waals surface area (Å²) >= 11 is 15.5. The number of fused-ring (bicyclic) bond motifs is 1. The summed E-state index contributed by atoms with van der Waals surface area (Å²) in [6.07, 6.45) is 0. The van der Waals surface area contributed by atoms with E-state index in [9.17, 15) is 19.2 Å². The van der Waals surface area contributed by atoms with Crippen LogP contribution in [0.4, 0.5) is 5.69 Å². The molecule has 2 amide bonds. The average molecular weight is 533 g/mol. The number of hydrogen-bond acceptors (Lipinski definition) is 5. The Labute approximate surface area is 200 Å². The fourth-order valence-corrected chi connectivity index (χ4v) is 3.83. The maximum absolute atomic E-state index is 12.9. The lowest BCUT2D eigenvalue weighted by atomic mass is 10.1. The molecule has 0 radical (unpaired) electrons. The highest BCUT2D eigenvalue weighted by Gasteiger charge is 2.38. The number of rotatable bonds is 5. The number of benzene rings is 3. The van der Waals surface area contributed by atoms with E-state index in [1.54, 1.807) is 30.3 Å². The average Bonchev–Trinajstić information content (AvgIpc) is 3.04. The monoisotopic (exact) mass is 531 g/mol. The van der Waals surface area contributed by atoms with Crippen LogP contribution in [0.1, 0.15) is 41.4 Å². The Morgan fingerprint density at radius 3 is 2.25 bits per heavy atom. The summed E-state index contributed by atoms with van der Waals surface area (Å²) in [6.45, 7) is -0.464. The topological polar surface area (TPSA) is 80.8 Å². The number of anilines is 1. The van der Waals surface area contributed by atoms with Gasteiger partial charge in [-0.05, 0) is 42.5 Å². The van der Waals surface area contributed by atoms with Gasteiger partial charge in [0, 0.05) is 10.0 Å². The van der Waals surface area contributed by atoms with E-state index in [0.717, 1.165) is 9.37 Å². The number of carbonyl (C=O) groups is 4. The number of hydrogen-bond donors (Lipinski definition) is 0. The van der Waals surface area contributed by atoms with Gasteiger partial charge in [0.2, 0.25) is 0 Å². The molecule has 32 heavy (non-hydrogen) atoms. The van der Waals surface area contributed by atoms with Gasteiger partial charge in [0.05, 0.1) is 32.4 Å². The van der Waals surface area contributed by atoms with Crippen molar-refractivity contribution in [2.24, 2.45) is 0 Å². The van der Waals surface area contributed by atoms with Gasteiger partial charge in [-0.1, -0.05) is 57.3 Å². The van der Waals surface area contributed by atoms with E-state index in [1.807, 2.05) is 0 Å². The summed E-state index contributed by atoms with van der Waals surface area (Å²) in [7, 11) is 0. The molecule has 0 spiro atoms. The van der Waals surface area contributed by atoms with Crippen LogP contribution in [0.2, 0.25) is 10.0 Å². The summed E-state index contributed by atoms with van der Waals surface area (Å²) in [4.78, 5) is 51.3. The first-order valence-corrected chi connectivity index (χ1v) is 10.8. The van der Waals surface area contributed by atoms with Crippen molar-refractivity contribution in [3.8, 4) is 0 Å². The van der Waals surface area contributed by atoms with Gasteiger partial charge in [-0.2, -0.15) is 0 Å². The van der Waals surface area contributed by atoms with Crippen LogP contribution >= 0.6 is 39.1 Å². The first-order chi connectivity index (χ1) is 15.3. The molecule has 0 bridgehead atoms. The number of ketones is 1. The fraction of sp³-hybridized carbons (Fsp3) is 0.0435. The van der Waals surface area contributed by atoms with Crippen LogP contribution in [0.15, 0.2) is 65.1 Å². The molecule has 0 saturated carbocycles. The lowest BCUT2D eigenvalue weighted by Crippen LogP contribution is -2.29. The third kappa shape index (κ3) is 4.07. The van der Waals surface area contributed by atoms with E-state index >= 15 is 0 Å². The third-order valence-corrected chi connectivity index (χ3v) is 6.13. The largest absolute Gasteiger partial charge is 0.454 e. The molecule has 1 aliphatic heterocycles. The normalized spacial score (nSPS) is 12.7. The smallest absolute Gasteiger partial charge is 0.338 e. The third-order valence-electron chi connectivity index (χ3n) is 4.79. The van der Waals surface area contributed by atoms with Crippen LogP contribution in [0.25, 0.3) is 0 Å². The van der Waals surface area contributed by atoms with Gasteiger partial charge in [0.25, 0.3) is 11.8 Å². The van der Waals surface area contributed by atoms with Crippen LogP contribution < -0.4 is 4.90 Å². The van der Waals surface area contributed by atoms with Crippen LogP contribution in [0.3, 0.4) is 0 Å². The SMILES string of the molecule is O=C(COC(=O)c1ccc2c(c1)C(=O)N(c1cccc(Cl)c1Cl)C2=O)c1ccc(Br)cc1. The molecule has 1 aliphatic rings. The van der Waals surface area contributed by atoms with Crippen LogP contribution in [-0.2, 0) is 4.74 Å². The van der Waals surface area contributed by atoms with E-state index in [1.165, 1.54) is 30.3 Å². The Hall–Kier alpha value is -3.00. The van der Waals surface area contributed by atoms with Gasteiger partial charge >= 0.3 is 5.97 Å². The Morgan fingerprint density at radius 2 is 1.53 bits per heavy atom. The number of imide groups is 1. The molecule has 0 aliphatic carbocycles. The van der Waals surface area contributed by atoms with Gasteiger partial charge in [0.15, 0.2) is 12.4 Å². The number of halogens is 3. The molecular formula is C23H12BrCl2NO5. The van der Waals surface area contributed by atoms with Crippen LogP contribution in [0, 0.1) is 0 Å². The molecule has 0 N–H and O–H groups in total. The summed E-state index contributed by atoms with van der Waals surface area (Å²) in [5.41, 5.74) is 0.722. The van der Waals surface area contributed by atoms with Crippen LogP contribution in [-0.4, -0.2) is 30.2 Å². The Morgan fingerprint density at radius 1 is 0.875 bits per heavy atom. The molecule has 0 aromatic heterocycles. The Balaban J connectivity index is 1.53. The van der Waals surface area contributed by atoms with Gasteiger partial charge in [-0.25, -0.2) is 9.69 Å². The first-order valence-electron chi connectivity index (χ1n) is 9.20. The highest BCUT2D eigenvalue weighted by Crippen LogP contribution is 2.37. The summed E-state index contributed by atoms with van der Waals surface area (Å²) in [5.74, 6) is -2.40. The molecule has 0 saturated heterocycles. The number of ether oxygens (including phenoxy) is 1. The summed E-state index contributed by atoms with van der Waals surface area (Å²) < 4.78 is 5.91. The van der Waals surface area contributed by atoms with E-state index in [4.69, 9.17) is 27.9 Å². The van der Waals surface area contributed by atoms with E-state index in [2.05, 4.69) is 15.9 Å². The summed E-state index contributed by atoms with van der Waals surface area (Å²) in [6, 6.07) is 15.2. The molecule has 0 unspecified atom stereocenters. The van der Waals surface area contributed by atoms with Crippen molar-refractivity contribution >= 4 is 68.4 Å². The van der Waals surface area contributed by atoms with Crippen molar-refractivity contribution in [2.45, 2.75) is 0 Å². The zero-order valence-corrected chi connectivity index (χ0v) is 19.2. The lowest BCUT2D eigenvalue weighted by Gasteiger charge is -2.15. The van der Waals surface area contributed by atoms with Crippen molar-refractivity contribution in [2.75, 3.05) is 11.5 Å². The molecule has 160 valence electrons. The quantitative estimate of drug-likeness (QED) is 0.243. The van der Waals surface area contributed by atoms with Gasteiger partial charge in [-0.15, -0.1) is 0 Å². The minimum Gasteiger partial charge on any atom is -0.454 e. The van der Waals surface area contributed by atoms with Crippen molar-refractivity contribution in [3.63, 3.8) is 0 Å². The second kappa shape index (κ2) is 8.86. The van der Waals surface area contributed by atoms with Gasteiger partial charge in [-0.3, -0.25) is 14.4 Å². The molecule has 0 fully saturated rings. The standard InChI is InChI=1S/C23H12BrCl2NO5/c24-14-7-4-12(5-8-14)19(28)11-32-23(31)13-6-9-15-16(10-13)22(30)27(21(15)29)18-3-1-2-17(25)20(18)26/h1-10H,11H2. The predicted octanol–water partition coefficient (Wildman–Crippen LogP) is 5.60. The lowest BCUT2D eigenvalue weighted by molar-refractivity contribution is 0.0474. The second-order valence-corrected chi connectivity index (χ2v) is 8.49. The zero-order chi connectivity index (χ0) is 23.0. The van der Waals surface area contributed by atoms with Crippen molar-refractivity contribution < 1.29 is 23.9 Å². The van der Waals surface area contributed by atoms with Crippen molar-refractivity contribution in [1.82, 2.24) is 0 Å². The number of amides is 2. The van der Waals surface area contributed by atoms with Gasteiger partial charge in [0.1, 0.15) is 0 Å². The maximum atomic E-state index is 12.9. The zero-order valence-electron chi connectivity index (χ0n) is 16.1. The number of esters is 1. The Kier molecular flexibility index (Phi) is 6.15. The minimum atomic E-state index is -0.794. The van der Waals surface area contributed by atoms with Crippen molar-refractivity contribution in [3.05, 3.63) is 97.4 Å². The fourth-order valence-electron chi connectivity index (χ4n) is 3.19. The number of Topliss-reactive ketones (excluding diaryl/α,β-unsaturated/α-hetero) is 1. The van der Waals surface area contributed by atoms with Gasteiger partial charge < -0.3 is 4.74 Å². The van der Waals surface area contributed by atoms with E-state index < -0.39 is 24.4 Å². The molecule has 4 rings (SSSR count). The molecule has 3 aromatic rings. The highest BCUT2D eigenvalue weighted by molar-refractivity contribution is 9.10. The summed E-state index contributed by atoms with van der Waals surface area (Å²) in [5, 5.41) is 0.259. The minimum absolute atomic E-state index is 0.0275. The second-order valence-electron chi connectivity index (χ2n) is 6.79. The first kappa shape index (κ1) is 22.2. The molecule has 1 heterocycles. The van der Waals surface area contributed by atoms with E-state index in [-0.39, 0.29) is 38.2 Å².